The second kappa shape index (κ2) is 5.03. The molecule has 1 N–H and O–H groups in total. The molecule has 0 unspecified atom stereocenters. The van der Waals surface area contributed by atoms with Gasteiger partial charge in [0.25, 0.3) is 5.91 Å². The summed E-state index contributed by atoms with van der Waals surface area (Å²) in [5.41, 5.74) is 1.30. The lowest BCUT2D eigenvalue weighted by Crippen LogP contribution is -2.39. The Morgan fingerprint density at radius 1 is 1.58 bits per heavy atom. The zero-order chi connectivity index (χ0) is 14.2. The predicted octanol–water partition coefficient (Wildman–Crippen LogP) is 1.05. The van der Waals surface area contributed by atoms with E-state index in [-0.39, 0.29) is 18.5 Å². The Morgan fingerprint density at radius 3 is 2.63 bits per heavy atom. The number of aromatic nitrogens is 2. The third kappa shape index (κ3) is 2.94. The molecule has 0 radical (unpaired) electrons. The molecular weight excluding hydrogens is 246 g/mol. The molecule has 1 saturated carbocycles. The monoisotopic (exact) mass is 265 g/mol. The molecule has 104 valence electrons. The molecule has 0 aromatic carbocycles. The van der Waals surface area contributed by atoms with E-state index in [1.165, 1.54) is 0 Å². The van der Waals surface area contributed by atoms with E-state index in [0.29, 0.717) is 5.69 Å². The zero-order valence-corrected chi connectivity index (χ0v) is 11.5. The largest absolute Gasteiger partial charge is 0.481 e. The molecule has 0 saturated heterocycles. The van der Waals surface area contributed by atoms with Crippen LogP contribution in [0.3, 0.4) is 0 Å². The molecule has 1 aliphatic carbocycles. The highest BCUT2D eigenvalue weighted by Gasteiger charge is 2.35. The van der Waals surface area contributed by atoms with Crippen molar-refractivity contribution in [3.05, 3.63) is 17.5 Å². The van der Waals surface area contributed by atoms with Crippen molar-refractivity contribution in [3.8, 4) is 0 Å². The van der Waals surface area contributed by atoms with Crippen molar-refractivity contribution in [2.45, 2.75) is 32.7 Å². The summed E-state index contributed by atoms with van der Waals surface area (Å²) >= 11 is 0. The number of carboxylic acids is 1. The normalized spacial score (nSPS) is 16.2. The number of carbonyl (C=O) groups is 2. The number of aliphatic carboxylic acids is 1. The van der Waals surface area contributed by atoms with E-state index in [1.54, 1.807) is 29.6 Å². The molecule has 1 aromatic rings. The molecule has 1 aliphatic rings. The maximum Gasteiger partial charge on any atom is 0.308 e. The van der Waals surface area contributed by atoms with Gasteiger partial charge < -0.3 is 10.0 Å². The van der Waals surface area contributed by atoms with Gasteiger partial charge in [-0.05, 0) is 25.8 Å². The highest BCUT2D eigenvalue weighted by Crippen LogP contribution is 2.29. The van der Waals surface area contributed by atoms with Crippen LogP contribution in [0.15, 0.2) is 6.07 Å². The van der Waals surface area contributed by atoms with Crippen molar-refractivity contribution < 1.29 is 14.7 Å². The smallest absolute Gasteiger partial charge is 0.308 e. The van der Waals surface area contributed by atoms with Crippen LogP contribution in [0.25, 0.3) is 0 Å². The fourth-order valence-electron chi connectivity index (χ4n) is 2.12. The van der Waals surface area contributed by atoms with Crippen molar-refractivity contribution in [2.24, 2.45) is 13.0 Å². The summed E-state index contributed by atoms with van der Waals surface area (Å²) in [5, 5.41) is 13.1. The third-order valence-electron chi connectivity index (χ3n) is 3.36. The minimum atomic E-state index is -0.875. The first-order chi connectivity index (χ1) is 8.90. The van der Waals surface area contributed by atoms with Crippen LogP contribution in [-0.4, -0.2) is 44.3 Å². The van der Waals surface area contributed by atoms with Crippen LogP contribution < -0.4 is 0 Å². The molecule has 1 atom stereocenters. The number of rotatable bonds is 5. The van der Waals surface area contributed by atoms with Gasteiger partial charge in [0.15, 0.2) is 0 Å². The average molecular weight is 265 g/mol. The summed E-state index contributed by atoms with van der Waals surface area (Å²) in [4.78, 5) is 25.1. The zero-order valence-electron chi connectivity index (χ0n) is 11.5. The number of hydrogen-bond acceptors (Lipinski definition) is 3. The second-order valence-corrected chi connectivity index (χ2v) is 5.22. The van der Waals surface area contributed by atoms with Crippen LogP contribution in [0.5, 0.6) is 0 Å². The second-order valence-electron chi connectivity index (χ2n) is 5.22. The standard InChI is InChI=1S/C13H19N3O3/c1-8(13(18)19)7-16(10-4-5-10)12(17)11-6-9(2)14-15(11)3/h6,8,10H,4-5,7H2,1-3H3,(H,18,19)/t8-/m1/s1. The summed E-state index contributed by atoms with van der Waals surface area (Å²) in [6, 6.07) is 1.92. The van der Waals surface area contributed by atoms with Gasteiger partial charge in [0.2, 0.25) is 0 Å². The van der Waals surface area contributed by atoms with E-state index in [9.17, 15) is 9.59 Å². The summed E-state index contributed by atoms with van der Waals surface area (Å²) in [5.74, 6) is -1.56. The molecule has 6 nitrogen and oxygen atoms in total. The first-order valence-corrected chi connectivity index (χ1v) is 6.44. The number of nitrogens with zero attached hydrogens (tertiary/aromatic N) is 3. The topological polar surface area (TPSA) is 75.4 Å². The van der Waals surface area contributed by atoms with E-state index >= 15 is 0 Å². The fourth-order valence-corrected chi connectivity index (χ4v) is 2.12. The van der Waals surface area contributed by atoms with Crippen molar-refractivity contribution in [1.82, 2.24) is 14.7 Å². The summed E-state index contributed by atoms with van der Waals surface area (Å²) in [6.07, 6.45) is 1.91. The van der Waals surface area contributed by atoms with Gasteiger partial charge in [-0.2, -0.15) is 5.10 Å². The number of carbonyl (C=O) groups excluding carboxylic acids is 1. The van der Waals surface area contributed by atoms with E-state index in [2.05, 4.69) is 5.10 Å². The molecule has 1 heterocycles. The van der Waals surface area contributed by atoms with Crippen LogP contribution in [0, 0.1) is 12.8 Å². The Labute approximate surface area is 112 Å². The number of amides is 1. The Morgan fingerprint density at radius 2 is 2.21 bits per heavy atom. The maximum atomic E-state index is 12.5. The predicted molar refractivity (Wildman–Crippen MR) is 68.8 cm³/mol. The fraction of sp³-hybridized carbons (Fsp3) is 0.615. The minimum Gasteiger partial charge on any atom is -0.481 e. The average Bonchev–Trinajstić information content (AvgIpc) is 3.10. The molecule has 1 aromatic heterocycles. The molecule has 0 spiro atoms. The Bertz CT molecular complexity index is 505. The van der Waals surface area contributed by atoms with Gasteiger partial charge >= 0.3 is 5.97 Å². The van der Waals surface area contributed by atoms with Crippen molar-refractivity contribution >= 4 is 11.9 Å². The molecule has 1 fully saturated rings. The molecule has 6 heteroatoms. The molecular formula is C13H19N3O3. The van der Waals surface area contributed by atoms with Gasteiger partial charge in [-0.1, -0.05) is 6.92 Å². The van der Waals surface area contributed by atoms with Crippen LogP contribution in [-0.2, 0) is 11.8 Å². The lowest BCUT2D eigenvalue weighted by molar-refractivity contribution is -0.141. The number of aryl methyl sites for hydroxylation is 2. The van der Waals surface area contributed by atoms with Gasteiger partial charge in [0.1, 0.15) is 5.69 Å². The lowest BCUT2D eigenvalue weighted by Gasteiger charge is -2.24. The maximum absolute atomic E-state index is 12.5. The van der Waals surface area contributed by atoms with Crippen LogP contribution in [0.1, 0.15) is 35.9 Å². The molecule has 0 bridgehead atoms. The molecule has 0 aliphatic heterocycles. The summed E-state index contributed by atoms with van der Waals surface area (Å²) in [7, 11) is 1.73. The van der Waals surface area contributed by atoms with Crippen molar-refractivity contribution in [2.75, 3.05) is 6.54 Å². The lowest BCUT2D eigenvalue weighted by atomic mass is 10.1. The summed E-state index contributed by atoms with van der Waals surface area (Å²) in [6.45, 7) is 3.71. The van der Waals surface area contributed by atoms with Crippen LogP contribution >= 0.6 is 0 Å². The quantitative estimate of drug-likeness (QED) is 0.863. The Balaban J connectivity index is 2.17. The Hall–Kier alpha value is -1.85. The summed E-state index contributed by atoms with van der Waals surface area (Å²) < 4.78 is 1.55. The Kier molecular flexibility index (Phi) is 3.59. The third-order valence-corrected chi connectivity index (χ3v) is 3.36. The van der Waals surface area contributed by atoms with E-state index < -0.39 is 11.9 Å². The van der Waals surface area contributed by atoms with Crippen molar-refractivity contribution in [1.29, 1.82) is 0 Å². The molecule has 19 heavy (non-hydrogen) atoms. The van der Waals surface area contributed by atoms with E-state index in [1.807, 2.05) is 6.92 Å². The van der Waals surface area contributed by atoms with Gasteiger partial charge in [-0.25, -0.2) is 0 Å². The SMILES string of the molecule is Cc1cc(C(=O)N(C[C@@H](C)C(=O)O)C2CC2)n(C)n1. The van der Waals surface area contributed by atoms with Crippen molar-refractivity contribution in [3.63, 3.8) is 0 Å². The first kappa shape index (κ1) is 13.6. The molecule has 2 rings (SSSR count). The molecule has 1 amide bonds. The minimum absolute atomic E-state index is 0.126. The van der Waals surface area contributed by atoms with Crippen LogP contribution in [0.2, 0.25) is 0 Å². The van der Waals surface area contributed by atoms with Gasteiger partial charge in [-0.3, -0.25) is 14.3 Å². The number of hydrogen-bond donors (Lipinski definition) is 1. The number of carboxylic acid groups (broad SMARTS) is 1. The van der Waals surface area contributed by atoms with Crippen LogP contribution in [0.4, 0.5) is 0 Å². The first-order valence-electron chi connectivity index (χ1n) is 6.44. The van der Waals surface area contributed by atoms with Gasteiger partial charge in [0.05, 0.1) is 11.6 Å². The van der Waals surface area contributed by atoms with Gasteiger partial charge in [0, 0.05) is 19.6 Å². The van der Waals surface area contributed by atoms with E-state index in [4.69, 9.17) is 5.11 Å². The van der Waals surface area contributed by atoms with E-state index in [0.717, 1.165) is 18.5 Å². The highest BCUT2D eigenvalue weighted by atomic mass is 16.4. The van der Waals surface area contributed by atoms with Gasteiger partial charge in [-0.15, -0.1) is 0 Å². The highest BCUT2D eigenvalue weighted by molar-refractivity contribution is 5.93.